The van der Waals surface area contributed by atoms with Crippen LogP contribution in [0.1, 0.15) is 19.9 Å². The summed E-state index contributed by atoms with van der Waals surface area (Å²) in [6.07, 6.45) is 0. The number of hydrogen-bond donors (Lipinski definition) is 0. The van der Waals surface area contributed by atoms with E-state index in [-0.39, 0.29) is 0 Å². The fraction of sp³-hybridized carbons (Fsp3) is 0.333. The number of para-hydroxylation sites is 1. The fourth-order valence-electron chi connectivity index (χ4n) is 1.23. The largest absolute Gasteiger partial charge is 0.252 e. The van der Waals surface area contributed by atoms with Gasteiger partial charge in [0, 0.05) is 17.6 Å². The highest BCUT2D eigenvalue weighted by Gasteiger charge is 2.15. The van der Waals surface area contributed by atoms with Crippen LogP contribution in [0.3, 0.4) is 0 Å². The normalized spacial score (nSPS) is 11.2. The van der Waals surface area contributed by atoms with Crippen molar-refractivity contribution in [3.05, 3.63) is 24.3 Å². The molecule has 0 atom stereocenters. The molecule has 0 N–H and O–H groups in total. The highest BCUT2D eigenvalue weighted by atomic mass is 32.1. The Morgan fingerprint density at radius 2 is 2.08 bits per heavy atom. The van der Waals surface area contributed by atoms with Crippen LogP contribution in [-0.4, -0.2) is 4.49 Å². The van der Waals surface area contributed by atoms with Crippen LogP contribution in [0.4, 0.5) is 0 Å². The van der Waals surface area contributed by atoms with Crippen LogP contribution in [0.25, 0.3) is 10.2 Å². The zero-order valence-electron chi connectivity index (χ0n) is 7.19. The highest BCUT2D eigenvalue weighted by molar-refractivity contribution is 7.12. The van der Waals surface area contributed by atoms with Gasteiger partial charge in [-0.3, -0.25) is 0 Å². The van der Waals surface area contributed by atoms with Crippen LogP contribution < -0.4 is 4.68 Å². The molecule has 2 rings (SSSR count). The average Bonchev–Trinajstić information content (AvgIpc) is 2.47. The van der Waals surface area contributed by atoms with E-state index < -0.39 is 0 Å². The fourth-order valence-corrected chi connectivity index (χ4v) is 2.08. The minimum atomic E-state index is 0.446. The molecule has 1 aromatic heterocycles. The Morgan fingerprint density at radius 1 is 1.33 bits per heavy atom. The Hall–Kier alpha value is -0.960. The van der Waals surface area contributed by atoms with Gasteiger partial charge in [-0.1, -0.05) is 16.8 Å². The molecule has 0 fully saturated rings. The molecule has 0 aliphatic carbocycles. The van der Waals surface area contributed by atoms with Crippen LogP contribution >= 0.6 is 11.5 Å². The SMILES string of the molecule is CC(C)[n+]1nsc2ccccc21. The van der Waals surface area contributed by atoms with E-state index in [4.69, 9.17) is 0 Å². The molecular formula is C9H11N2S+. The van der Waals surface area contributed by atoms with Gasteiger partial charge in [-0.05, 0) is 19.9 Å². The molecule has 0 spiro atoms. The molecule has 2 aromatic rings. The number of benzene rings is 1. The van der Waals surface area contributed by atoms with E-state index in [0.717, 1.165) is 0 Å². The van der Waals surface area contributed by atoms with Crippen molar-refractivity contribution in [1.82, 2.24) is 4.49 Å². The Kier molecular flexibility index (Phi) is 1.81. The third-order valence-corrected chi connectivity index (χ3v) is 2.63. The lowest BCUT2D eigenvalue weighted by Crippen LogP contribution is -2.37. The van der Waals surface area contributed by atoms with E-state index in [1.165, 1.54) is 10.2 Å². The molecule has 0 radical (unpaired) electrons. The van der Waals surface area contributed by atoms with Gasteiger partial charge >= 0.3 is 0 Å². The van der Waals surface area contributed by atoms with E-state index in [2.05, 4.69) is 41.2 Å². The summed E-state index contributed by atoms with van der Waals surface area (Å²) in [6, 6.07) is 8.76. The zero-order valence-corrected chi connectivity index (χ0v) is 8.01. The number of nitrogens with zero attached hydrogens (tertiary/aromatic N) is 2. The molecule has 12 heavy (non-hydrogen) atoms. The van der Waals surface area contributed by atoms with Crippen LogP contribution in [0.2, 0.25) is 0 Å². The van der Waals surface area contributed by atoms with E-state index in [0.29, 0.717) is 6.04 Å². The van der Waals surface area contributed by atoms with Crippen molar-refractivity contribution in [2.24, 2.45) is 0 Å². The molecule has 3 heteroatoms. The first-order valence-electron chi connectivity index (χ1n) is 4.05. The number of fused-ring (bicyclic) bond motifs is 1. The van der Waals surface area contributed by atoms with Crippen LogP contribution in [0, 0.1) is 0 Å². The number of aromatic nitrogens is 2. The topological polar surface area (TPSA) is 16.8 Å². The molecule has 0 saturated heterocycles. The summed E-state index contributed by atoms with van der Waals surface area (Å²) in [4.78, 5) is 0. The molecule has 1 heterocycles. The molecule has 0 aliphatic heterocycles. The quantitative estimate of drug-likeness (QED) is 0.613. The predicted molar refractivity (Wildman–Crippen MR) is 50.2 cm³/mol. The molecule has 62 valence electrons. The number of rotatable bonds is 1. The molecule has 0 unspecified atom stereocenters. The molecular weight excluding hydrogens is 168 g/mol. The maximum Gasteiger partial charge on any atom is 0.252 e. The summed E-state index contributed by atoms with van der Waals surface area (Å²) in [5.74, 6) is 0. The Balaban J connectivity index is 2.70. The summed E-state index contributed by atoms with van der Waals surface area (Å²) in [7, 11) is 0. The zero-order chi connectivity index (χ0) is 8.55. The monoisotopic (exact) mass is 179 g/mol. The molecule has 0 saturated carbocycles. The van der Waals surface area contributed by atoms with Crippen LogP contribution in [-0.2, 0) is 0 Å². The lowest BCUT2D eigenvalue weighted by Gasteiger charge is -1.91. The minimum Gasteiger partial charge on any atom is -0.0695 e. The van der Waals surface area contributed by atoms with Gasteiger partial charge in [0.05, 0.1) is 4.49 Å². The first kappa shape index (κ1) is 7.68. The van der Waals surface area contributed by atoms with Crippen LogP contribution in [0.5, 0.6) is 0 Å². The molecule has 0 bridgehead atoms. The summed E-state index contributed by atoms with van der Waals surface area (Å²) < 4.78 is 7.66. The van der Waals surface area contributed by atoms with Crippen LogP contribution in [0.15, 0.2) is 24.3 Å². The summed E-state index contributed by atoms with van der Waals surface area (Å²) in [6.45, 7) is 4.29. The first-order chi connectivity index (χ1) is 5.79. The van der Waals surface area contributed by atoms with Gasteiger partial charge in [-0.25, -0.2) is 0 Å². The first-order valence-corrected chi connectivity index (χ1v) is 4.82. The van der Waals surface area contributed by atoms with Gasteiger partial charge < -0.3 is 0 Å². The third-order valence-electron chi connectivity index (χ3n) is 1.83. The Bertz CT molecular complexity index is 392. The van der Waals surface area contributed by atoms with Crippen molar-refractivity contribution in [3.63, 3.8) is 0 Å². The second-order valence-corrected chi connectivity index (χ2v) is 3.86. The van der Waals surface area contributed by atoms with Gasteiger partial charge in [0.1, 0.15) is 4.70 Å². The van der Waals surface area contributed by atoms with Gasteiger partial charge in [0.2, 0.25) is 0 Å². The van der Waals surface area contributed by atoms with Gasteiger partial charge in [0.25, 0.3) is 5.52 Å². The van der Waals surface area contributed by atoms with Crippen molar-refractivity contribution in [1.29, 1.82) is 0 Å². The summed E-state index contributed by atoms with van der Waals surface area (Å²) >= 11 is 1.56. The average molecular weight is 179 g/mol. The maximum absolute atomic E-state index is 4.35. The predicted octanol–water partition coefficient (Wildman–Crippen LogP) is 2.16. The lowest BCUT2D eigenvalue weighted by molar-refractivity contribution is -0.741. The maximum atomic E-state index is 4.35. The summed E-state index contributed by atoms with van der Waals surface area (Å²) in [5.41, 5.74) is 1.23. The lowest BCUT2D eigenvalue weighted by atomic mass is 10.3. The second kappa shape index (κ2) is 2.83. The van der Waals surface area contributed by atoms with Crippen molar-refractivity contribution < 1.29 is 4.68 Å². The third kappa shape index (κ3) is 1.10. The van der Waals surface area contributed by atoms with E-state index in [1.54, 1.807) is 11.5 Å². The molecule has 1 aromatic carbocycles. The van der Waals surface area contributed by atoms with E-state index in [1.807, 2.05) is 6.07 Å². The van der Waals surface area contributed by atoms with Crippen molar-refractivity contribution in [2.45, 2.75) is 19.9 Å². The standard InChI is InChI=1S/C9H11N2S/c1-7(2)11-8-5-3-4-6-9(8)12-10-11/h3-7H,1-2H3/q+1. The van der Waals surface area contributed by atoms with E-state index >= 15 is 0 Å². The minimum absolute atomic E-state index is 0.446. The van der Waals surface area contributed by atoms with Crippen molar-refractivity contribution in [2.75, 3.05) is 0 Å². The van der Waals surface area contributed by atoms with Gasteiger partial charge in [-0.15, -0.1) is 0 Å². The van der Waals surface area contributed by atoms with E-state index in [9.17, 15) is 0 Å². The van der Waals surface area contributed by atoms with Gasteiger partial charge in [-0.2, -0.15) is 0 Å². The van der Waals surface area contributed by atoms with Crippen molar-refractivity contribution >= 4 is 21.7 Å². The highest BCUT2D eigenvalue weighted by Crippen LogP contribution is 2.13. The molecule has 0 amide bonds. The smallest absolute Gasteiger partial charge is 0.0695 e. The van der Waals surface area contributed by atoms with Crippen molar-refractivity contribution in [3.8, 4) is 0 Å². The second-order valence-electron chi connectivity index (χ2n) is 3.08. The Labute approximate surface area is 75.6 Å². The van der Waals surface area contributed by atoms with Gasteiger partial charge in [0.15, 0.2) is 6.04 Å². The summed E-state index contributed by atoms with van der Waals surface area (Å²) in [5, 5.41) is 0. The molecule has 0 aliphatic rings. The molecule has 2 nitrogen and oxygen atoms in total. The number of hydrogen-bond acceptors (Lipinski definition) is 2. The Morgan fingerprint density at radius 3 is 2.83 bits per heavy atom.